The van der Waals surface area contributed by atoms with Gasteiger partial charge in [-0.3, -0.25) is 19.2 Å². The largest absolute Gasteiger partial charge is 0.481 e. The van der Waals surface area contributed by atoms with Crippen LogP contribution in [-0.4, -0.2) is 40.0 Å². The Labute approximate surface area is 91.0 Å². The van der Waals surface area contributed by atoms with Gasteiger partial charge in [0.05, 0.1) is 19.3 Å². The summed E-state index contributed by atoms with van der Waals surface area (Å²) in [4.78, 5) is 42.4. The van der Waals surface area contributed by atoms with Gasteiger partial charge < -0.3 is 14.9 Å². The molecule has 0 aliphatic rings. The number of ketones is 1. The van der Waals surface area contributed by atoms with Gasteiger partial charge in [0.25, 0.3) is 0 Å². The summed E-state index contributed by atoms with van der Waals surface area (Å²) < 4.78 is 4.54. The molecule has 0 heterocycles. The van der Waals surface area contributed by atoms with Crippen molar-refractivity contribution in [3.63, 3.8) is 0 Å². The Hall–Kier alpha value is -1.92. The van der Waals surface area contributed by atoms with Gasteiger partial charge in [0.15, 0.2) is 11.9 Å². The van der Waals surface area contributed by atoms with Crippen LogP contribution in [0, 0.1) is 0 Å². The number of hydrogen-bond acceptors (Lipinski definition) is 5. The molecule has 0 aliphatic carbocycles. The average molecular weight is 232 g/mol. The third-order valence-corrected chi connectivity index (χ3v) is 1.63. The number of carboxylic acid groups (broad SMARTS) is 2. The van der Waals surface area contributed by atoms with Gasteiger partial charge in [-0.15, -0.1) is 0 Å². The molecule has 1 atom stereocenters. The van der Waals surface area contributed by atoms with E-state index >= 15 is 0 Å². The average Bonchev–Trinajstić information content (AvgIpc) is 2.12. The summed E-state index contributed by atoms with van der Waals surface area (Å²) >= 11 is 0. The van der Waals surface area contributed by atoms with Crippen molar-refractivity contribution in [1.29, 1.82) is 0 Å². The van der Waals surface area contributed by atoms with Crippen molar-refractivity contribution >= 4 is 23.7 Å². The van der Waals surface area contributed by atoms with Gasteiger partial charge in [-0.25, -0.2) is 0 Å². The lowest BCUT2D eigenvalue weighted by Gasteiger charge is -2.12. The van der Waals surface area contributed by atoms with E-state index in [0.29, 0.717) is 0 Å². The summed E-state index contributed by atoms with van der Waals surface area (Å²) in [5.41, 5.74) is 0. The van der Waals surface area contributed by atoms with Gasteiger partial charge >= 0.3 is 17.9 Å². The molecule has 0 aliphatic heterocycles. The fourth-order valence-electron chi connectivity index (χ4n) is 0.854. The molecule has 0 bridgehead atoms. The van der Waals surface area contributed by atoms with Crippen LogP contribution in [0.2, 0.25) is 0 Å². The molecule has 0 amide bonds. The highest BCUT2D eigenvalue weighted by atomic mass is 16.5. The number of Topliss-reactive ketones (excluding diaryl/α,β-unsaturated/α-hetero) is 1. The zero-order chi connectivity index (χ0) is 12.7. The van der Waals surface area contributed by atoms with E-state index in [1.807, 2.05) is 0 Å². The van der Waals surface area contributed by atoms with E-state index < -0.39 is 49.1 Å². The number of ether oxygens (including phenoxy) is 1. The molecule has 0 unspecified atom stereocenters. The Balaban J connectivity index is 4.18. The van der Waals surface area contributed by atoms with Gasteiger partial charge in [-0.2, -0.15) is 0 Å². The van der Waals surface area contributed by atoms with E-state index in [-0.39, 0.29) is 0 Å². The summed E-state index contributed by atoms with van der Waals surface area (Å²) in [7, 11) is 0. The predicted molar refractivity (Wildman–Crippen MR) is 49.7 cm³/mol. The molecule has 0 fully saturated rings. The normalized spacial score (nSPS) is 11.6. The third kappa shape index (κ3) is 6.52. The van der Waals surface area contributed by atoms with Crippen molar-refractivity contribution in [2.75, 3.05) is 0 Å². The van der Waals surface area contributed by atoms with Crippen molar-refractivity contribution in [2.24, 2.45) is 0 Å². The van der Waals surface area contributed by atoms with Crippen LogP contribution < -0.4 is 0 Å². The summed E-state index contributed by atoms with van der Waals surface area (Å²) in [5.74, 6) is -3.93. The molecule has 0 rings (SSSR count). The van der Waals surface area contributed by atoms with Crippen molar-refractivity contribution in [3.8, 4) is 0 Å². The van der Waals surface area contributed by atoms with Crippen LogP contribution in [0.25, 0.3) is 0 Å². The first kappa shape index (κ1) is 14.1. The van der Waals surface area contributed by atoms with E-state index in [9.17, 15) is 19.2 Å². The first-order valence-corrected chi connectivity index (χ1v) is 4.46. The van der Waals surface area contributed by atoms with Gasteiger partial charge in [0.1, 0.15) is 0 Å². The molecular weight excluding hydrogens is 220 g/mol. The topological polar surface area (TPSA) is 118 Å². The minimum Gasteiger partial charge on any atom is -0.481 e. The smallest absolute Gasteiger partial charge is 0.307 e. The van der Waals surface area contributed by atoms with Crippen LogP contribution >= 0.6 is 0 Å². The Kier molecular flexibility index (Phi) is 5.76. The Morgan fingerprint density at radius 1 is 1.06 bits per heavy atom. The standard InChI is InChI=1S/C9H12O7/c1-5(10)6(4-8(13)14)16-9(15)3-2-7(11)12/h6H,2-4H2,1H3,(H,11,12)(H,13,14)/t6-/m1/s1. The van der Waals surface area contributed by atoms with Crippen LogP contribution in [0.4, 0.5) is 0 Å². The molecule has 0 aromatic rings. The molecule has 7 nitrogen and oxygen atoms in total. The van der Waals surface area contributed by atoms with Crippen LogP contribution in [0.3, 0.4) is 0 Å². The van der Waals surface area contributed by atoms with E-state index in [0.717, 1.165) is 6.92 Å². The quantitative estimate of drug-likeness (QED) is 0.584. The van der Waals surface area contributed by atoms with Crippen LogP contribution in [0.5, 0.6) is 0 Å². The van der Waals surface area contributed by atoms with Crippen LogP contribution in [-0.2, 0) is 23.9 Å². The minimum absolute atomic E-state index is 0.390. The van der Waals surface area contributed by atoms with E-state index in [1.54, 1.807) is 0 Å². The maximum atomic E-state index is 11.0. The monoisotopic (exact) mass is 232 g/mol. The van der Waals surface area contributed by atoms with Gasteiger partial charge in [-0.1, -0.05) is 0 Å². The first-order chi connectivity index (χ1) is 7.32. The molecule has 0 aromatic heterocycles. The van der Waals surface area contributed by atoms with Crippen LogP contribution in [0.1, 0.15) is 26.2 Å². The Morgan fingerprint density at radius 2 is 1.62 bits per heavy atom. The number of hydrogen-bond donors (Lipinski definition) is 2. The number of carbonyl (C=O) groups excluding carboxylic acids is 2. The molecule has 16 heavy (non-hydrogen) atoms. The van der Waals surface area contributed by atoms with Crippen LogP contribution in [0.15, 0.2) is 0 Å². The van der Waals surface area contributed by atoms with Gasteiger partial charge in [0, 0.05) is 0 Å². The second kappa shape index (κ2) is 6.54. The second-order valence-electron chi connectivity index (χ2n) is 3.08. The van der Waals surface area contributed by atoms with E-state index in [2.05, 4.69) is 4.74 Å². The molecule has 0 spiro atoms. The summed E-state index contributed by atoms with van der Waals surface area (Å²) in [6.45, 7) is 1.10. The molecule has 0 radical (unpaired) electrons. The lowest BCUT2D eigenvalue weighted by atomic mass is 10.2. The number of esters is 1. The third-order valence-electron chi connectivity index (χ3n) is 1.63. The summed E-state index contributed by atoms with van der Waals surface area (Å²) in [5, 5.41) is 16.7. The Bertz CT molecular complexity index is 307. The van der Waals surface area contributed by atoms with Gasteiger partial charge in [-0.05, 0) is 6.92 Å². The molecular formula is C9H12O7. The van der Waals surface area contributed by atoms with Crippen molar-refractivity contribution in [1.82, 2.24) is 0 Å². The minimum atomic E-state index is -1.35. The highest BCUT2D eigenvalue weighted by Crippen LogP contribution is 2.04. The van der Waals surface area contributed by atoms with Crippen molar-refractivity contribution in [2.45, 2.75) is 32.3 Å². The van der Waals surface area contributed by atoms with Crippen molar-refractivity contribution < 1.29 is 34.1 Å². The molecule has 0 aromatic carbocycles. The number of carbonyl (C=O) groups is 4. The number of rotatable bonds is 7. The zero-order valence-corrected chi connectivity index (χ0v) is 8.63. The fourth-order valence-corrected chi connectivity index (χ4v) is 0.854. The van der Waals surface area contributed by atoms with Gasteiger partial charge in [0.2, 0.25) is 0 Å². The maximum Gasteiger partial charge on any atom is 0.307 e. The Morgan fingerprint density at radius 3 is 2.00 bits per heavy atom. The van der Waals surface area contributed by atoms with E-state index in [1.165, 1.54) is 0 Å². The van der Waals surface area contributed by atoms with Crippen molar-refractivity contribution in [3.05, 3.63) is 0 Å². The first-order valence-electron chi connectivity index (χ1n) is 4.46. The molecule has 0 saturated carbocycles. The summed E-state index contributed by atoms with van der Waals surface area (Å²) in [6, 6.07) is 0. The maximum absolute atomic E-state index is 11.0. The fraction of sp³-hybridized carbons (Fsp3) is 0.556. The summed E-state index contributed by atoms with van der Waals surface area (Å²) in [6.07, 6.45) is -2.78. The number of aliphatic carboxylic acids is 2. The molecule has 90 valence electrons. The molecule has 0 saturated heterocycles. The second-order valence-corrected chi connectivity index (χ2v) is 3.08. The highest BCUT2D eigenvalue weighted by Gasteiger charge is 2.22. The lowest BCUT2D eigenvalue weighted by molar-refractivity contribution is -0.159. The molecule has 7 heteroatoms. The van der Waals surface area contributed by atoms with E-state index in [4.69, 9.17) is 10.2 Å². The highest BCUT2D eigenvalue weighted by molar-refractivity contribution is 5.87. The predicted octanol–water partition coefficient (Wildman–Crippen LogP) is -0.173. The number of carboxylic acids is 2. The lowest BCUT2D eigenvalue weighted by Crippen LogP contribution is -2.28. The SMILES string of the molecule is CC(=O)[C@@H](CC(=O)O)OC(=O)CCC(=O)O. The zero-order valence-electron chi connectivity index (χ0n) is 8.63. The molecule has 2 N–H and O–H groups in total.